The zero-order valence-corrected chi connectivity index (χ0v) is 14.3. The molecule has 2 saturated heterocycles. The fourth-order valence-electron chi connectivity index (χ4n) is 3.43. The van der Waals surface area contributed by atoms with Crippen molar-refractivity contribution < 1.29 is 4.79 Å². The fourth-order valence-corrected chi connectivity index (χ4v) is 3.43. The number of nitrogens with zero attached hydrogens (tertiary/aromatic N) is 3. The topological polar surface area (TPSA) is 38.8 Å². The van der Waals surface area contributed by atoms with Crippen LogP contribution in [0.25, 0.3) is 0 Å². The van der Waals surface area contributed by atoms with Crippen LogP contribution in [0.4, 0.5) is 5.69 Å². The molecule has 1 aromatic rings. The van der Waals surface area contributed by atoms with Gasteiger partial charge in [-0.1, -0.05) is 12.1 Å². The van der Waals surface area contributed by atoms with Crippen molar-refractivity contribution in [1.29, 1.82) is 0 Å². The number of aryl methyl sites for hydroxylation is 1. The van der Waals surface area contributed by atoms with Gasteiger partial charge in [0.2, 0.25) is 5.91 Å². The first-order valence-corrected chi connectivity index (χ1v) is 8.67. The first-order valence-electron chi connectivity index (χ1n) is 8.67. The number of anilines is 1. The lowest BCUT2D eigenvalue weighted by Crippen LogP contribution is -2.55. The van der Waals surface area contributed by atoms with Gasteiger partial charge >= 0.3 is 0 Å². The maximum Gasteiger partial charge on any atom is 0.236 e. The number of hydrogen-bond acceptors (Lipinski definition) is 4. The molecule has 126 valence electrons. The van der Waals surface area contributed by atoms with Crippen molar-refractivity contribution >= 4 is 11.6 Å². The highest BCUT2D eigenvalue weighted by molar-refractivity contribution is 5.78. The Balaban J connectivity index is 1.51. The summed E-state index contributed by atoms with van der Waals surface area (Å²) in [6.07, 6.45) is 0. The van der Waals surface area contributed by atoms with Crippen LogP contribution in [0.1, 0.15) is 12.5 Å². The van der Waals surface area contributed by atoms with Crippen LogP contribution < -0.4 is 10.2 Å². The first-order chi connectivity index (χ1) is 11.1. The van der Waals surface area contributed by atoms with Gasteiger partial charge in [-0.05, 0) is 31.5 Å². The van der Waals surface area contributed by atoms with Gasteiger partial charge in [-0.15, -0.1) is 0 Å². The Morgan fingerprint density at radius 2 is 2.00 bits per heavy atom. The minimum absolute atomic E-state index is 0.280. The second-order valence-electron chi connectivity index (χ2n) is 6.73. The Bertz CT molecular complexity index is 540. The lowest BCUT2D eigenvalue weighted by atomic mass is 10.2. The van der Waals surface area contributed by atoms with Crippen molar-refractivity contribution in [1.82, 2.24) is 15.1 Å². The van der Waals surface area contributed by atoms with Gasteiger partial charge in [-0.25, -0.2) is 0 Å². The molecule has 5 nitrogen and oxygen atoms in total. The normalized spacial score (nSPS) is 23.1. The van der Waals surface area contributed by atoms with Crippen LogP contribution in [0.2, 0.25) is 0 Å². The van der Waals surface area contributed by atoms with E-state index in [0.29, 0.717) is 12.6 Å². The zero-order chi connectivity index (χ0) is 16.2. The zero-order valence-electron chi connectivity index (χ0n) is 14.3. The highest BCUT2D eigenvalue weighted by atomic mass is 16.2. The second-order valence-corrected chi connectivity index (χ2v) is 6.73. The van der Waals surface area contributed by atoms with E-state index in [1.54, 1.807) is 0 Å². The predicted octanol–water partition coefficient (Wildman–Crippen LogP) is 0.937. The summed E-state index contributed by atoms with van der Waals surface area (Å²) in [7, 11) is 0. The summed E-state index contributed by atoms with van der Waals surface area (Å²) in [5.74, 6) is 0.280. The maximum absolute atomic E-state index is 12.6. The van der Waals surface area contributed by atoms with E-state index in [1.165, 1.54) is 11.3 Å². The average molecular weight is 316 g/mol. The molecule has 0 unspecified atom stereocenters. The van der Waals surface area contributed by atoms with Crippen LogP contribution >= 0.6 is 0 Å². The van der Waals surface area contributed by atoms with E-state index in [-0.39, 0.29) is 5.91 Å². The first kappa shape index (κ1) is 16.3. The highest BCUT2D eigenvalue weighted by Gasteiger charge is 2.25. The number of rotatable bonds is 3. The van der Waals surface area contributed by atoms with Gasteiger partial charge < -0.3 is 15.1 Å². The van der Waals surface area contributed by atoms with Crippen LogP contribution in [-0.4, -0.2) is 74.1 Å². The molecule has 2 heterocycles. The molecule has 0 aliphatic carbocycles. The summed E-state index contributed by atoms with van der Waals surface area (Å²) in [6, 6.07) is 9.06. The SMILES string of the molecule is Cc1cccc(N2CCN(C(=O)CN3CCNC[C@H]3C)CC2)c1. The van der Waals surface area contributed by atoms with Crippen molar-refractivity contribution in [2.24, 2.45) is 0 Å². The molecule has 1 amide bonds. The number of benzene rings is 1. The van der Waals surface area contributed by atoms with Gasteiger partial charge in [0, 0.05) is 57.5 Å². The number of hydrogen-bond donors (Lipinski definition) is 1. The van der Waals surface area contributed by atoms with Crippen molar-refractivity contribution in [3.8, 4) is 0 Å². The molecule has 2 fully saturated rings. The van der Waals surface area contributed by atoms with E-state index in [9.17, 15) is 4.79 Å². The fraction of sp³-hybridized carbons (Fsp3) is 0.611. The predicted molar refractivity (Wildman–Crippen MR) is 93.9 cm³/mol. The summed E-state index contributed by atoms with van der Waals surface area (Å²) in [5, 5.41) is 3.37. The lowest BCUT2D eigenvalue weighted by molar-refractivity contribution is -0.133. The molecular weight excluding hydrogens is 288 g/mol. The molecular formula is C18H28N4O. The van der Waals surface area contributed by atoms with Gasteiger partial charge in [-0.3, -0.25) is 9.69 Å². The summed E-state index contributed by atoms with van der Waals surface area (Å²) in [6.45, 7) is 11.3. The van der Waals surface area contributed by atoms with E-state index in [4.69, 9.17) is 0 Å². The molecule has 0 spiro atoms. The van der Waals surface area contributed by atoms with E-state index >= 15 is 0 Å². The third-order valence-electron chi connectivity index (χ3n) is 4.98. The molecule has 1 aromatic carbocycles. The van der Waals surface area contributed by atoms with Crippen LogP contribution in [0.3, 0.4) is 0 Å². The van der Waals surface area contributed by atoms with Gasteiger partial charge in [0.1, 0.15) is 0 Å². The average Bonchev–Trinajstić information content (AvgIpc) is 2.57. The Morgan fingerprint density at radius 3 is 2.70 bits per heavy atom. The smallest absolute Gasteiger partial charge is 0.236 e. The number of piperazine rings is 2. The third kappa shape index (κ3) is 4.03. The van der Waals surface area contributed by atoms with E-state index in [0.717, 1.165) is 45.8 Å². The van der Waals surface area contributed by atoms with E-state index in [2.05, 4.69) is 53.2 Å². The second kappa shape index (κ2) is 7.32. The number of amides is 1. The molecule has 2 aliphatic heterocycles. The van der Waals surface area contributed by atoms with E-state index < -0.39 is 0 Å². The standard InChI is InChI=1S/C18H28N4O/c1-15-4-3-5-17(12-15)20-8-10-21(11-9-20)18(23)14-22-7-6-19-13-16(22)2/h3-5,12,16,19H,6-11,13-14H2,1-2H3/t16-/m1/s1. The molecule has 2 aliphatic rings. The molecule has 23 heavy (non-hydrogen) atoms. The monoisotopic (exact) mass is 316 g/mol. The largest absolute Gasteiger partial charge is 0.368 e. The van der Waals surface area contributed by atoms with Gasteiger partial charge in [0.25, 0.3) is 0 Å². The highest BCUT2D eigenvalue weighted by Crippen LogP contribution is 2.18. The molecule has 3 rings (SSSR count). The molecule has 0 saturated carbocycles. The molecule has 0 bridgehead atoms. The quantitative estimate of drug-likeness (QED) is 0.901. The summed E-state index contributed by atoms with van der Waals surface area (Å²) in [4.78, 5) is 19.3. The Kier molecular flexibility index (Phi) is 5.18. The number of carbonyl (C=O) groups excluding carboxylic acids is 1. The van der Waals surface area contributed by atoms with Crippen molar-refractivity contribution in [3.05, 3.63) is 29.8 Å². The molecule has 0 aromatic heterocycles. The van der Waals surface area contributed by atoms with Crippen LogP contribution in [0.5, 0.6) is 0 Å². The molecule has 1 N–H and O–H groups in total. The van der Waals surface area contributed by atoms with Crippen LogP contribution in [0, 0.1) is 6.92 Å². The third-order valence-corrected chi connectivity index (χ3v) is 4.98. The summed E-state index contributed by atoms with van der Waals surface area (Å²) >= 11 is 0. The van der Waals surface area contributed by atoms with E-state index in [1.807, 2.05) is 4.90 Å². The van der Waals surface area contributed by atoms with Crippen molar-refractivity contribution in [2.45, 2.75) is 19.9 Å². The molecule has 1 atom stereocenters. The van der Waals surface area contributed by atoms with Gasteiger partial charge in [0.15, 0.2) is 0 Å². The van der Waals surface area contributed by atoms with Crippen molar-refractivity contribution in [3.63, 3.8) is 0 Å². The molecule has 0 radical (unpaired) electrons. The van der Waals surface area contributed by atoms with Crippen LogP contribution in [0.15, 0.2) is 24.3 Å². The Hall–Kier alpha value is -1.59. The van der Waals surface area contributed by atoms with Gasteiger partial charge in [0.05, 0.1) is 6.54 Å². The number of nitrogens with one attached hydrogen (secondary N) is 1. The van der Waals surface area contributed by atoms with Crippen molar-refractivity contribution in [2.75, 3.05) is 57.3 Å². The minimum Gasteiger partial charge on any atom is -0.368 e. The minimum atomic E-state index is 0.280. The lowest BCUT2D eigenvalue weighted by Gasteiger charge is -2.39. The Labute approximate surface area is 139 Å². The summed E-state index contributed by atoms with van der Waals surface area (Å²) < 4.78 is 0. The van der Waals surface area contributed by atoms with Crippen LogP contribution in [-0.2, 0) is 4.79 Å². The molecule has 5 heteroatoms. The maximum atomic E-state index is 12.6. The Morgan fingerprint density at radius 1 is 1.22 bits per heavy atom. The van der Waals surface area contributed by atoms with Gasteiger partial charge in [-0.2, -0.15) is 0 Å². The number of carbonyl (C=O) groups is 1. The summed E-state index contributed by atoms with van der Waals surface area (Å²) in [5.41, 5.74) is 2.56.